The maximum absolute atomic E-state index is 10.7. The Labute approximate surface area is 99.2 Å². The van der Waals surface area contributed by atoms with Crippen LogP contribution in [0.1, 0.15) is 14.0 Å². The second-order valence-electron chi connectivity index (χ2n) is 3.03. The minimum Gasteiger partial charge on any atom is 1.00 e. The first kappa shape index (κ1) is 17.1. The van der Waals surface area contributed by atoms with Crippen molar-refractivity contribution in [2.45, 2.75) is 19.8 Å². The van der Waals surface area contributed by atoms with E-state index in [0.29, 0.717) is 6.61 Å². The Kier molecular flexibility index (Phi) is 4.72. The normalized spacial score (nSPS) is 17.1. The van der Waals surface area contributed by atoms with E-state index in [1.54, 1.807) is 13.3 Å². The van der Waals surface area contributed by atoms with Gasteiger partial charge in [-0.1, -0.05) is 0 Å². The third-order valence-electron chi connectivity index (χ3n) is 1.26. The molecule has 0 radical (unpaired) electrons. The van der Waals surface area contributed by atoms with Crippen molar-refractivity contribution < 1.29 is 36.1 Å². The molecule has 5 nitrogen and oxygen atoms in total. The summed E-state index contributed by atoms with van der Waals surface area (Å²) in [6.07, 6.45) is 1.41. The van der Waals surface area contributed by atoms with Crippen molar-refractivity contribution in [3.8, 4) is 0 Å². The Morgan fingerprint density at radius 3 is 2.17 bits per heavy atom. The Hall–Kier alpha value is -0.930. The molecular weight excluding hydrogens is 291 g/mol. The number of hydrogen-bond donors (Lipinski definition) is 1. The van der Waals surface area contributed by atoms with Crippen LogP contribution in [0.25, 0.3) is 0 Å². The number of halogens is 6. The maximum atomic E-state index is 9.87. The van der Waals surface area contributed by atoms with Gasteiger partial charge in [-0.15, -0.1) is 0 Å². The molecule has 1 rings (SSSR count). The first-order chi connectivity index (χ1) is 7.78. The van der Waals surface area contributed by atoms with Crippen LogP contribution < -0.4 is 0 Å². The van der Waals surface area contributed by atoms with E-state index in [1.165, 1.54) is 0 Å². The number of H-pyrrole nitrogens is 1. The molecule has 12 heteroatoms. The van der Waals surface area contributed by atoms with Crippen LogP contribution in [0.15, 0.2) is 6.20 Å². The van der Waals surface area contributed by atoms with E-state index in [2.05, 4.69) is 15.4 Å². The average molecular weight is 303 g/mol. The molecule has 18 heavy (non-hydrogen) atoms. The standard InChI is InChI=1S/C6H11N3O2.F6P/c1-5(10-2)11-4-6-3-7-9-8-6;1-7(2,3,4,5)6/h3,5H,4H2,1-2H3,(H,7,8,9);/q;-1/p+1. The van der Waals surface area contributed by atoms with Gasteiger partial charge in [0, 0.05) is 7.11 Å². The second kappa shape index (κ2) is 4.98. The quantitative estimate of drug-likeness (QED) is 0.522. The predicted octanol–water partition coefficient (Wildman–Crippen LogP) is 3.81. The summed E-state index contributed by atoms with van der Waals surface area (Å²) >= 11 is 0. The first-order valence-electron chi connectivity index (χ1n) is 4.33. The second-order valence-corrected chi connectivity index (χ2v) is 4.95. The third kappa shape index (κ3) is 17.5. The fraction of sp³-hybridized carbons (Fsp3) is 0.667. The zero-order valence-electron chi connectivity index (χ0n) is 10.3. The Morgan fingerprint density at radius 2 is 1.83 bits per heavy atom. The molecule has 0 fully saturated rings. The largest absolute Gasteiger partial charge is 1.00 e. The van der Waals surface area contributed by atoms with Crippen LogP contribution >= 0.6 is 7.81 Å². The molecule has 0 aliphatic carbocycles. The first-order valence-corrected chi connectivity index (χ1v) is 6.36. The Morgan fingerprint density at radius 1 is 1.33 bits per heavy atom. The molecule has 1 N–H and O–H groups in total. The summed E-state index contributed by atoms with van der Waals surface area (Å²) in [6.45, 7) is 2.24. The van der Waals surface area contributed by atoms with Gasteiger partial charge in [-0.2, -0.15) is 15.4 Å². The van der Waals surface area contributed by atoms with Gasteiger partial charge < -0.3 is 9.47 Å². The minimum absolute atomic E-state index is 0. The minimum atomic E-state index is -10.7. The van der Waals surface area contributed by atoms with E-state index in [4.69, 9.17) is 9.47 Å². The van der Waals surface area contributed by atoms with Crippen molar-refractivity contribution in [3.05, 3.63) is 11.9 Å². The third-order valence-corrected chi connectivity index (χ3v) is 1.26. The molecule has 1 aromatic rings. The SMILES string of the molecule is COC(C)OCc1cn[nH]n1.F[P-](F)(F)(F)(F)F.[H+]. The molecule has 1 heterocycles. The van der Waals surface area contributed by atoms with Crippen molar-refractivity contribution in [2.75, 3.05) is 7.11 Å². The van der Waals surface area contributed by atoms with Gasteiger partial charge in [0.2, 0.25) is 0 Å². The molecule has 1 unspecified atom stereocenters. The van der Waals surface area contributed by atoms with Crippen molar-refractivity contribution in [3.63, 3.8) is 0 Å². The summed E-state index contributed by atoms with van der Waals surface area (Å²) < 4.78 is 69.3. The maximum Gasteiger partial charge on any atom is 1.00 e. The van der Waals surface area contributed by atoms with Crippen molar-refractivity contribution in [2.24, 2.45) is 0 Å². The molecule has 0 aliphatic heterocycles. The van der Waals surface area contributed by atoms with Gasteiger partial charge in [0.05, 0.1) is 12.8 Å². The molecule has 1 aromatic heterocycles. The molecule has 0 saturated carbocycles. The van der Waals surface area contributed by atoms with Gasteiger partial charge in [-0.05, 0) is 6.92 Å². The van der Waals surface area contributed by atoms with Gasteiger partial charge >= 0.3 is 34.4 Å². The molecule has 0 aliphatic rings. The Bertz CT molecular complexity index is 346. The topological polar surface area (TPSA) is 60.0 Å². The smallest absolute Gasteiger partial charge is 1.00 e. The zero-order valence-corrected chi connectivity index (χ0v) is 10.2. The fourth-order valence-electron chi connectivity index (χ4n) is 0.566. The Balaban J connectivity index is 0. The van der Waals surface area contributed by atoms with Crippen LogP contribution in [0.5, 0.6) is 0 Å². The average Bonchev–Trinajstić information content (AvgIpc) is 2.61. The molecule has 0 spiro atoms. The van der Waals surface area contributed by atoms with Gasteiger partial charge in [0.25, 0.3) is 0 Å². The fourth-order valence-corrected chi connectivity index (χ4v) is 0.566. The zero-order chi connectivity index (χ0) is 14.5. The molecular formula is C6H12F6N3O2P. The number of aromatic nitrogens is 3. The van der Waals surface area contributed by atoms with E-state index in [0.717, 1.165) is 5.69 Å². The monoisotopic (exact) mass is 303 g/mol. The van der Waals surface area contributed by atoms with E-state index < -0.39 is 7.81 Å². The summed E-state index contributed by atoms with van der Waals surface area (Å²) in [5.41, 5.74) is 0.772. The molecule has 0 aromatic carbocycles. The van der Waals surface area contributed by atoms with Crippen LogP contribution in [-0.4, -0.2) is 28.8 Å². The van der Waals surface area contributed by atoms with Crippen molar-refractivity contribution in [1.29, 1.82) is 0 Å². The molecule has 0 amide bonds. The van der Waals surface area contributed by atoms with Crippen LogP contribution in [0.2, 0.25) is 0 Å². The van der Waals surface area contributed by atoms with Crippen LogP contribution in [0.3, 0.4) is 0 Å². The molecule has 110 valence electrons. The summed E-state index contributed by atoms with van der Waals surface area (Å²) in [6, 6.07) is 0. The van der Waals surface area contributed by atoms with E-state index >= 15 is 0 Å². The number of hydrogen-bond acceptors (Lipinski definition) is 4. The van der Waals surface area contributed by atoms with Gasteiger partial charge in [-0.3, -0.25) is 0 Å². The van der Waals surface area contributed by atoms with Crippen LogP contribution in [-0.2, 0) is 16.1 Å². The molecule has 0 bridgehead atoms. The summed E-state index contributed by atoms with van der Waals surface area (Å²) in [4.78, 5) is 0. The molecule has 1 atom stereocenters. The number of rotatable bonds is 4. The van der Waals surface area contributed by atoms with Gasteiger partial charge in [0.1, 0.15) is 5.69 Å². The number of methoxy groups -OCH3 is 1. The van der Waals surface area contributed by atoms with Crippen molar-refractivity contribution in [1.82, 2.24) is 15.4 Å². The van der Waals surface area contributed by atoms with Gasteiger partial charge in [0.15, 0.2) is 6.29 Å². The summed E-state index contributed by atoms with van der Waals surface area (Å²) in [7, 11) is -9.07. The molecule has 0 saturated heterocycles. The van der Waals surface area contributed by atoms with Crippen molar-refractivity contribution >= 4 is 7.81 Å². The number of ether oxygens (including phenoxy) is 2. The van der Waals surface area contributed by atoms with E-state index in [1.807, 2.05) is 6.92 Å². The van der Waals surface area contributed by atoms with E-state index in [-0.39, 0.29) is 7.72 Å². The van der Waals surface area contributed by atoms with Gasteiger partial charge in [-0.25, -0.2) is 0 Å². The number of aromatic amines is 1. The van der Waals surface area contributed by atoms with E-state index in [9.17, 15) is 25.2 Å². The number of nitrogens with zero attached hydrogens (tertiary/aromatic N) is 2. The van der Waals surface area contributed by atoms with Crippen LogP contribution in [0, 0.1) is 0 Å². The predicted molar refractivity (Wildman–Crippen MR) is 52.3 cm³/mol. The van der Waals surface area contributed by atoms with Crippen LogP contribution in [0.4, 0.5) is 25.2 Å². The summed E-state index contributed by atoms with van der Waals surface area (Å²) in [5, 5.41) is 9.93. The summed E-state index contributed by atoms with van der Waals surface area (Å²) in [5.74, 6) is 0. The number of nitrogens with one attached hydrogen (secondary N) is 1.